The highest BCUT2D eigenvalue weighted by molar-refractivity contribution is 6.58. The van der Waals surface area contributed by atoms with Crippen LogP contribution in [0.2, 0.25) is 5.02 Å². The van der Waals surface area contributed by atoms with E-state index in [9.17, 15) is 31.5 Å². The van der Waals surface area contributed by atoms with Gasteiger partial charge in [0.25, 0.3) is 0 Å². The second-order valence-corrected chi connectivity index (χ2v) is 6.29. The summed E-state index contributed by atoms with van der Waals surface area (Å²) in [4.78, 5) is 23.1. The summed E-state index contributed by atoms with van der Waals surface area (Å²) in [6, 6.07) is 1.96. The van der Waals surface area contributed by atoms with Gasteiger partial charge in [0.15, 0.2) is 29.4 Å². The van der Waals surface area contributed by atoms with E-state index >= 15 is 0 Å². The Kier molecular flexibility index (Phi) is 7.38. The van der Waals surface area contributed by atoms with E-state index in [-0.39, 0.29) is 6.29 Å². The van der Waals surface area contributed by atoms with Crippen molar-refractivity contribution >= 4 is 47.4 Å². The van der Waals surface area contributed by atoms with Gasteiger partial charge in [-0.1, -0.05) is 11.6 Å². The van der Waals surface area contributed by atoms with Crippen molar-refractivity contribution in [1.29, 1.82) is 0 Å². The van der Waals surface area contributed by atoms with E-state index in [0.29, 0.717) is 12.1 Å². The van der Waals surface area contributed by atoms with E-state index in [1.807, 2.05) is 0 Å². The average Bonchev–Trinajstić information content (AvgIpc) is 2.64. The maximum atomic E-state index is 14.7. The van der Waals surface area contributed by atoms with Gasteiger partial charge in [0.2, 0.25) is 5.82 Å². The fraction of sp³-hybridized carbons (Fsp3) is 0.176. The molecule has 0 unspecified atom stereocenters. The first-order valence-corrected chi connectivity index (χ1v) is 8.43. The Morgan fingerprint density at radius 2 is 1.62 bits per heavy atom. The lowest BCUT2D eigenvalue weighted by Gasteiger charge is -2.26. The summed E-state index contributed by atoms with van der Waals surface area (Å²) in [5.74, 6) is -8.65. The minimum absolute atomic E-state index is 0.0109. The van der Waals surface area contributed by atoms with Crippen molar-refractivity contribution in [2.24, 2.45) is 0 Å². The molecule has 0 N–H and O–H groups in total. The molecule has 0 saturated heterocycles. The molecule has 0 bridgehead atoms. The molecule has 0 spiro atoms. The summed E-state index contributed by atoms with van der Waals surface area (Å²) in [7, 11) is 16.5. The monoisotopic (exact) mass is 470 g/mol. The van der Waals surface area contributed by atoms with E-state index in [4.69, 9.17) is 44.6 Å². The Balaban J connectivity index is 2.70. The van der Waals surface area contributed by atoms with Crippen molar-refractivity contribution in [2.75, 3.05) is 7.11 Å². The first kappa shape index (κ1) is 25.4. The first-order chi connectivity index (χ1) is 14.7. The molecule has 6 radical (unpaired) electrons. The maximum absolute atomic E-state index is 14.7. The van der Waals surface area contributed by atoms with Crippen LogP contribution in [0.3, 0.4) is 0 Å². The topological polar surface area (TPSA) is 71.1 Å². The van der Waals surface area contributed by atoms with Crippen molar-refractivity contribution in [3.63, 3.8) is 0 Å². The number of esters is 1. The fourth-order valence-corrected chi connectivity index (χ4v) is 2.51. The number of rotatable bonds is 7. The van der Waals surface area contributed by atoms with Crippen LogP contribution in [0.4, 0.5) is 22.0 Å². The summed E-state index contributed by atoms with van der Waals surface area (Å²) < 4.78 is 84.7. The first-order valence-electron chi connectivity index (χ1n) is 8.05. The van der Waals surface area contributed by atoms with Crippen molar-refractivity contribution in [3.05, 3.63) is 46.0 Å². The molecular weight excluding hydrogens is 463 g/mol. The third-order valence-corrected chi connectivity index (χ3v) is 3.79. The van der Waals surface area contributed by atoms with Crippen LogP contribution in [0.5, 0.6) is 23.0 Å². The van der Waals surface area contributed by atoms with Crippen LogP contribution in [0.15, 0.2) is 18.2 Å². The van der Waals surface area contributed by atoms with E-state index in [2.05, 4.69) is 9.47 Å². The number of carbonyl (C=O) groups is 2. The molecule has 2 aromatic carbocycles. The molecule has 0 aliphatic heterocycles. The summed E-state index contributed by atoms with van der Waals surface area (Å²) in [6.45, 7) is 0. The van der Waals surface area contributed by atoms with Gasteiger partial charge in [-0.2, -0.15) is 4.39 Å². The number of alkyl halides is 3. The molecule has 15 heteroatoms. The molecule has 0 aromatic heterocycles. The van der Waals surface area contributed by atoms with Gasteiger partial charge in [0, 0.05) is 6.07 Å². The zero-order chi connectivity index (χ0) is 24.4. The second-order valence-electron chi connectivity index (χ2n) is 5.88. The largest absolute Gasteiger partial charge is 0.573 e. The van der Waals surface area contributed by atoms with E-state index in [0.717, 1.165) is 13.2 Å². The zero-order valence-corrected chi connectivity index (χ0v) is 16.5. The second kappa shape index (κ2) is 9.31. The minimum Gasteiger partial charge on any atom is -0.510 e. The molecule has 0 aliphatic rings. The lowest BCUT2D eigenvalue weighted by atomic mass is 9.52. The smallest absolute Gasteiger partial charge is 0.510 e. The van der Waals surface area contributed by atoms with Crippen LogP contribution in [0.1, 0.15) is 20.7 Å². The van der Waals surface area contributed by atoms with Gasteiger partial charge in [-0.15, -0.1) is 13.2 Å². The van der Waals surface area contributed by atoms with E-state index < -0.39 is 68.4 Å². The normalized spacial score (nSPS) is 11.6. The number of benzene rings is 2. The number of ether oxygens (including phenoxy) is 4. The van der Waals surface area contributed by atoms with Gasteiger partial charge >= 0.3 is 12.3 Å². The molecule has 0 amide bonds. The minimum atomic E-state index is -5.29. The maximum Gasteiger partial charge on any atom is 0.573 e. The number of hydrogen-bond donors (Lipinski definition) is 0. The molecule has 0 fully saturated rings. The molecule has 0 heterocycles. The SMILES string of the molecule is [B]C([B])([B])Oc1c(Oc2cc(Cl)c(C=O)c(F)c2C(=O)OC)ccc(OC(F)(F)F)c1F. The predicted octanol–water partition coefficient (Wildman–Crippen LogP) is 3.40. The molecule has 162 valence electrons. The predicted molar refractivity (Wildman–Crippen MR) is 102 cm³/mol. The van der Waals surface area contributed by atoms with Crippen LogP contribution in [-0.2, 0) is 4.74 Å². The number of hydrogen-bond acceptors (Lipinski definition) is 6. The van der Waals surface area contributed by atoms with Gasteiger partial charge < -0.3 is 18.9 Å². The lowest BCUT2D eigenvalue weighted by Crippen LogP contribution is -2.38. The van der Waals surface area contributed by atoms with Crippen molar-refractivity contribution < 1.29 is 50.5 Å². The molecule has 0 atom stereocenters. The molecule has 32 heavy (non-hydrogen) atoms. The Bertz CT molecular complexity index is 1060. The standard InChI is InChI=1S/C17H7B3ClF5O6/c1-29-15(28)11-10(4-7(21)6(5-27)12(11)22)30-9-3-2-8(31-17(24,25)26)13(23)14(9)32-16(18,19)20/h2-5H,1H3. The number of methoxy groups -OCH3 is 1. The Morgan fingerprint density at radius 3 is 2.12 bits per heavy atom. The van der Waals surface area contributed by atoms with Crippen LogP contribution >= 0.6 is 11.6 Å². The molecular formula is C17H7B3ClF5O6. The fourth-order valence-electron chi connectivity index (χ4n) is 2.29. The van der Waals surface area contributed by atoms with Gasteiger partial charge in [0.05, 0.1) is 17.7 Å². The molecule has 2 aromatic rings. The van der Waals surface area contributed by atoms with Crippen LogP contribution in [-0.4, -0.2) is 54.6 Å². The van der Waals surface area contributed by atoms with Gasteiger partial charge in [-0.3, -0.25) is 4.79 Å². The van der Waals surface area contributed by atoms with Crippen molar-refractivity contribution in [1.82, 2.24) is 0 Å². The Labute approximate surface area is 186 Å². The summed E-state index contributed by atoms with van der Waals surface area (Å²) >= 11 is 5.78. The molecule has 2 rings (SSSR count). The highest BCUT2D eigenvalue weighted by Gasteiger charge is 2.34. The Morgan fingerprint density at radius 1 is 1.03 bits per heavy atom. The average molecular weight is 470 g/mol. The van der Waals surface area contributed by atoms with E-state index in [1.165, 1.54) is 0 Å². The highest BCUT2D eigenvalue weighted by Crippen LogP contribution is 2.43. The van der Waals surface area contributed by atoms with Gasteiger partial charge in [0.1, 0.15) is 34.9 Å². The molecule has 0 saturated carbocycles. The summed E-state index contributed by atoms with van der Waals surface area (Å²) in [5.41, 5.74) is -1.67. The van der Waals surface area contributed by atoms with Gasteiger partial charge in [-0.05, 0) is 17.4 Å². The highest BCUT2D eigenvalue weighted by atomic mass is 35.5. The summed E-state index contributed by atoms with van der Waals surface area (Å²) in [5, 5.41) is -3.14. The third kappa shape index (κ3) is 5.87. The molecule has 0 aliphatic carbocycles. The quantitative estimate of drug-likeness (QED) is 0.268. The number of halogens is 6. The van der Waals surface area contributed by atoms with E-state index in [1.54, 1.807) is 0 Å². The zero-order valence-electron chi connectivity index (χ0n) is 15.8. The summed E-state index contributed by atoms with van der Waals surface area (Å²) in [6.07, 6.45) is -5.28. The number of carbonyl (C=O) groups excluding carboxylic acids is 2. The Hall–Kier alpha value is -2.89. The van der Waals surface area contributed by atoms with Crippen LogP contribution in [0.25, 0.3) is 0 Å². The van der Waals surface area contributed by atoms with Crippen LogP contribution in [0, 0.1) is 11.6 Å². The third-order valence-electron chi connectivity index (χ3n) is 3.47. The van der Waals surface area contributed by atoms with Crippen LogP contribution < -0.4 is 14.2 Å². The lowest BCUT2D eigenvalue weighted by molar-refractivity contribution is -0.275. The molecule has 6 nitrogen and oxygen atoms in total. The number of aldehydes is 1. The van der Waals surface area contributed by atoms with Gasteiger partial charge in [-0.25, -0.2) is 9.18 Å². The van der Waals surface area contributed by atoms with Crippen molar-refractivity contribution in [2.45, 2.75) is 11.7 Å². The van der Waals surface area contributed by atoms with Crippen molar-refractivity contribution in [3.8, 4) is 23.0 Å².